The van der Waals surface area contributed by atoms with E-state index >= 15 is 0 Å². The summed E-state index contributed by atoms with van der Waals surface area (Å²) in [7, 11) is 1.69. The molecule has 3 nitrogen and oxygen atoms in total. The van der Waals surface area contributed by atoms with Crippen molar-refractivity contribution in [2.75, 3.05) is 7.11 Å². The smallest absolute Gasteiger partial charge is 0.163 e. The molecule has 0 saturated heterocycles. The minimum Gasteiger partial charge on any atom is -0.501 e. The normalized spacial score (nSPS) is 42.4. The number of hydrogen-bond acceptors (Lipinski definition) is 3. The van der Waals surface area contributed by atoms with Gasteiger partial charge in [-0.3, -0.25) is 9.59 Å². The number of methoxy groups -OCH3 is 1. The van der Waals surface area contributed by atoms with E-state index in [2.05, 4.69) is 32.9 Å². The van der Waals surface area contributed by atoms with E-state index in [1.807, 2.05) is 6.08 Å². The molecule has 0 bridgehead atoms. The molecule has 162 valence electrons. The minimum absolute atomic E-state index is 0.159. The van der Waals surface area contributed by atoms with Crippen molar-refractivity contribution in [2.45, 2.75) is 78.6 Å². The minimum atomic E-state index is -0.159. The molecule has 0 amide bonds. The molecular formula is C27H36O3. The Morgan fingerprint density at radius 3 is 2.57 bits per heavy atom. The van der Waals surface area contributed by atoms with E-state index in [9.17, 15) is 9.59 Å². The fourth-order valence-electron chi connectivity index (χ4n) is 7.94. The van der Waals surface area contributed by atoms with Crippen LogP contribution < -0.4 is 0 Å². The van der Waals surface area contributed by atoms with Crippen molar-refractivity contribution in [1.29, 1.82) is 0 Å². The molecule has 0 heterocycles. The molecule has 0 aromatic heterocycles. The molecule has 3 saturated carbocycles. The van der Waals surface area contributed by atoms with Crippen LogP contribution in [0.1, 0.15) is 78.6 Å². The van der Waals surface area contributed by atoms with E-state index in [-0.39, 0.29) is 16.2 Å². The first-order chi connectivity index (χ1) is 14.2. The lowest BCUT2D eigenvalue weighted by Crippen LogP contribution is -2.52. The van der Waals surface area contributed by atoms with Gasteiger partial charge in [-0.1, -0.05) is 32.9 Å². The van der Waals surface area contributed by atoms with E-state index in [0.717, 1.165) is 37.0 Å². The molecular weight excluding hydrogens is 372 g/mol. The second kappa shape index (κ2) is 6.68. The van der Waals surface area contributed by atoms with Gasteiger partial charge in [-0.25, -0.2) is 0 Å². The molecule has 3 heteroatoms. The first-order valence-electron chi connectivity index (χ1n) is 11.9. The Morgan fingerprint density at radius 2 is 1.83 bits per heavy atom. The Balaban J connectivity index is 1.49. The summed E-state index contributed by atoms with van der Waals surface area (Å²) < 4.78 is 5.48. The summed E-state index contributed by atoms with van der Waals surface area (Å²) >= 11 is 0. The number of hydrogen-bond donors (Lipinski definition) is 0. The van der Waals surface area contributed by atoms with Crippen molar-refractivity contribution in [3.63, 3.8) is 0 Å². The summed E-state index contributed by atoms with van der Waals surface area (Å²) in [5, 5.41) is 0. The third kappa shape index (κ3) is 2.69. The molecule has 3 unspecified atom stereocenters. The first kappa shape index (κ1) is 20.3. The molecule has 0 N–H and O–H groups in total. The molecule has 5 atom stereocenters. The van der Waals surface area contributed by atoms with Crippen LogP contribution in [-0.4, -0.2) is 18.7 Å². The fourth-order valence-corrected chi connectivity index (χ4v) is 7.94. The molecule has 0 aromatic carbocycles. The molecule has 5 aliphatic rings. The summed E-state index contributed by atoms with van der Waals surface area (Å²) in [4.78, 5) is 26.3. The fraction of sp³-hybridized carbons (Fsp3) is 0.704. The third-order valence-electron chi connectivity index (χ3n) is 10.1. The summed E-state index contributed by atoms with van der Waals surface area (Å²) in [5.41, 5.74) is 2.35. The molecule has 3 fully saturated rings. The van der Waals surface area contributed by atoms with Crippen LogP contribution in [0.2, 0.25) is 0 Å². The average Bonchev–Trinajstić information content (AvgIpc) is 2.85. The molecule has 0 aromatic rings. The van der Waals surface area contributed by atoms with Crippen molar-refractivity contribution in [2.24, 2.45) is 34.0 Å². The van der Waals surface area contributed by atoms with Crippen LogP contribution in [0.3, 0.4) is 0 Å². The number of rotatable bonds is 1. The van der Waals surface area contributed by atoms with Gasteiger partial charge in [-0.2, -0.15) is 0 Å². The van der Waals surface area contributed by atoms with Crippen molar-refractivity contribution < 1.29 is 14.3 Å². The van der Waals surface area contributed by atoms with E-state index in [4.69, 9.17) is 4.74 Å². The van der Waals surface area contributed by atoms with Crippen molar-refractivity contribution in [3.05, 3.63) is 35.1 Å². The molecule has 0 radical (unpaired) electrons. The number of fused-ring (bicyclic) bond motifs is 5. The Kier molecular flexibility index (Phi) is 4.51. The van der Waals surface area contributed by atoms with Gasteiger partial charge in [-0.05, 0) is 78.8 Å². The molecule has 30 heavy (non-hydrogen) atoms. The predicted octanol–water partition coefficient (Wildman–Crippen LogP) is 5.95. The lowest BCUT2D eigenvalue weighted by atomic mass is 9.47. The number of ether oxygens (including phenoxy) is 1. The van der Waals surface area contributed by atoms with Crippen LogP contribution in [0, 0.1) is 34.0 Å². The average molecular weight is 409 g/mol. The molecule has 5 aliphatic carbocycles. The SMILES string of the molecule is COC1=CC2=C(C=CC1)C1CC[C@@]3(C)C(CC[C@@]34CCC(C)(C)C(=O)C4)C1CC2=O. The summed E-state index contributed by atoms with van der Waals surface area (Å²) in [6.07, 6.45) is 15.4. The van der Waals surface area contributed by atoms with Crippen LogP contribution in [0.4, 0.5) is 0 Å². The van der Waals surface area contributed by atoms with E-state index in [0.29, 0.717) is 35.7 Å². The number of ketones is 2. The Labute approximate surface area is 181 Å². The maximum atomic E-state index is 13.2. The lowest BCUT2D eigenvalue weighted by Gasteiger charge is -2.57. The predicted molar refractivity (Wildman–Crippen MR) is 118 cm³/mol. The van der Waals surface area contributed by atoms with Gasteiger partial charge in [0, 0.05) is 30.3 Å². The lowest BCUT2D eigenvalue weighted by molar-refractivity contribution is -0.142. The van der Waals surface area contributed by atoms with Gasteiger partial charge >= 0.3 is 0 Å². The molecule has 1 spiro atoms. The Morgan fingerprint density at radius 1 is 1.03 bits per heavy atom. The summed E-state index contributed by atoms with van der Waals surface area (Å²) in [5.74, 6) is 3.11. The van der Waals surface area contributed by atoms with Gasteiger partial charge in [0.2, 0.25) is 0 Å². The van der Waals surface area contributed by atoms with Crippen LogP contribution in [-0.2, 0) is 14.3 Å². The third-order valence-corrected chi connectivity index (χ3v) is 10.1. The van der Waals surface area contributed by atoms with Crippen LogP contribution >= 0.6 is 0 Å². The highest BCUT2D eigenvalue weighted by Crippen LogP contribution is 2.71. The highest BCUT2D eigenvalue weighted by atomic mass is 16.5. The second-order valence-electron chi connectivity index (χ2n) is 11.6. The van der Waals surface area contributed by atoms with Crippen LogP contribution in [0.15, 0.2) is 35.1 Å². The van der Waals surface area contributed by atoms with Gasteiger partial charge in [0.15, 0.2) is 5.78 Å². The monoisotopic (exact) mass is 408 g/mol. The van der Waals surface area contributed by atoms with Crippen molar-refractivity contribution in [3.8, 4) is 0 Å². The van der Waals surface area contributed by atoms with Crippen molar-refractivity contribution in [1.82, 2.24) is 0 Å². The van der Waals surface area contributed by atoms with E-state index < -0.39 is 0 Å². The summed E-state index contributed by atoms with van der Waals surface area (Å²) in [6, 6.07) is 0. The number of carbonyl (C=O) groups excluding carboxylic acids is 2. The van der Waals surface area contributed by atoms with E-state index in [1.165, 1.54) is 31.3 Å². The number of allylic oxidation sites excluding steroid dienone is 5. The molecule has 0 aliphatic heterocycles. The maximum Gasteiger partial charge on any atom is 0.163 e. The Hall–Kier alpha value is -1.64. The quantitative estimate of drug-likeness (QED) is 0.538. The van der Waals surface area contributed by atoms with Crippen LogP contribution in [0.25, 0.3) is 0 Å². The highest BCUT2D eigenvalue weighted by Gasteiger charge is 2.64. The van der Waals surface area contributed by atoms with Crippen LogP contribution in [0.5, 0.6) is 0 Å². The zero-order chi connectivity index (χ0) is 21.3. The van der Waals surface area contributed by atoms with Gasteiger partial charge in [0.05, 0.1) is 12.9 Å². The van der Waals surface area contributed by atoms with Gasteiger partial charge in [0.1, 0.15) is 5.78 Å². The number of carbonyl (C=O) groups is 2. The highest BCUT2D eigenvalue weighted by molar-refractivity contribution is 6.00. The summed E-state index contributed by atoms with van der Waals surface area (Å²) in [6.45, 7) is 6.73. The van der Waals surface area contributed by atoms with Gasteiger partial charge in [0.25, 0.3) is 0 Å². The zero-order valence-electron chi connectivity index (χ0n) is 19.1. The molecule has 5 rings (SSSR count). The van der Waals surface area contributed by atoms with Gasteiger partial charge < -0.3 is 4.74 Å². The number of Topliss-reactive ketones (excluding diaryl/α,β-unsaturated/α-hetero) is 2. The largest absolute Gasteiger partial charge is 0.501 e. The maximum absolute atomic E-state index is 13.2. The zero-order valence-corrected chi connectivity index (χ0v) is 19.1. The second-order valence-corrected chi connectivity index (χ2v) is 11.6. The standard InChI is InChI=1S/C27H36O3/c1-25(2)12-13-27(16-24(25)29)11-9-22-20-15-23(28)21-14-17(30-4)6-5-7-18(21)19(20)8-10-26(22,27)3/h5,7,14,19-20,22H,6,8-13,15-16H2,1-4H3/t19?,20?,22?,26-,27-/m0/s1. The van der Waals surface area contributed by atoms with E-state index in [1.54, 1.807) is 7.11 Å². The Bertz CT molecular complexity index is 888. The topological polar surface area (TPSA) is 43.4 Å². The first-order valence-corrected chi connectivity index (χ1v) is 11.9. The van der Waals surface area contributed by atoms with Crippen molar-refractivity contribution >= 4 is 11.6 Å². The van der Waals surface area contributed by atoms with Gasteiger partial charge in [-0.15, -0.1) is 0 Å².